The van der Waals surface area contributed by atoms with Crippen LogP contribution in [0.5, 0.6) is 0 Å². The van der Waals surface area contributed by atoms with Crippen molar-refractivity contribution in [3.63, 3.8) is 0 Å². The Balaban J connectivity index is 1.88. The van der Waals surface area contributed by atoms with Gasteiger partial charge in [0.05, 0.1) is 0 Å². The first-order valence-corrected chi connectivity index (χ1v) is 8.58. The van der Waals surface area contributed by atoms with Gasteiger partial charge >= 0.3 is 0 Å². The lowest BCUT2D eigenvalue weighted by Gasteiger charge is -2.34. The number of nitrogens with zero attached hydrogens (tertiary/aromatic N) is 1. The third-order valence-electron chi connectivity index (χ3n) is 4.25. The second-order valence-electron chi connectivity index (χ2n) is 5.44. The Kier molecular flexibility index (Phi) is 5.59. The van der Waals surface area contributed by atoms with Crippen LogP contribution in [0.15, 0.2) is 29.2 Å². The van der Waals surface area contributed by atoms with Gasteiger partial charge in [0.2, 0.25) is 0 Å². The molecule has 0 amide bonds. The number of anilines is 1. The summed E-state index contributed by atoms with van der Waals surface area (Å²) in [7, 11) is 0. The zero-order chi connectivity index (χ0) is 13.7. The molecule has 106 valence electrons. The molecule has 1 aromatic rings. The minimum Gasteiger partial charge on any atom is -0.382 e. The molecule has 1 saturated heterocycles. The normalized spacial score (nSPS) is 19.3. The van der Waals surface area contributed by atoms with Crippen LogP contribution in [0, 0.1) is 5.92 Å². The lowest BCUT2D eigenvalue weighted by molar-refractivity contribution is 0.183. The maximum atomic E-state index is 3.69. The molecule has 2 rings (SSSR count). The van der Waals surface area contributed by atoms with Gasteiger partial charge in [-0.1, -0.05) is 13.0 Å². The lowest BCUT2D eigenvalue weighted by Crippen LogP contribution is -2.39. The van der Waals surface area contributed by atoms with Crippen LogP contribution in [0.3, 0.4) is 0 Å². The second kappa shape index (κ2) is 7.20. The van der Waals surface area contributed by atoms with Crippen molar-refractivity contribution in [2.45, 2.75) is 37.6 Å². The fourth-order valence-corrected chi connectivity index (χ4v) is 3.32. The molecule has 0 aliphatic carbocycles. The predicted molar refractivity (Wildman–Crippen MR) is 86.1 cm³/mol. The fraction of sp³-hybridized carbons (Fsp3) is 0.625. The first kappa shape index (κ1) is 14.7. The third kappa shape index (κ3) is 4.15. The van der Waals surface area contributed by atoms with Gasteiger partial charge in [-0.2, -0.15) is 0 Å². The Morgan fingerprint density at radius 2 is 2.11 bits per heavy atom. The van der Waals surface area contributed by atoms with E-state index in [1.807, 2.05) is 0 Å². The lowest BCUT2D eigenvalue weighted by atomic mass is 9.90. The van der Waals surface area contributed by atoms with E-state index in [-0.39, 0.29) is 0 Å². The Hall–Kier alpha value is -0.670. The molecule has 1 N–H and O–H groups in total. The summed E-state index contributed by atoms with van der Waals surface area (Å²) in [4.78, 5) is 3.88. The first-order valence-electron chi connectivity index (χ1n) is 7.36. The van der Waals surface area contributed by atoms with Gasteiger partial charge < -0.3 is 10.2 Å². The van der Waals surface area contributed by atoms with E-state index >= 15 is 0 Å². The standard InChI is InChI=1S/C16H26N2S/c1-4-18-10-8-14(9-11-18)13(2)17-15-6-5-7-16(12-15)19-3/h5-7,12-14,17H,4,8-11H2,1-3H3. The highest BCUT2D eigenvalue weighted by atomic mass is 32.2. The van der Waals surface area contributed by atoms with Crippen LogP contribution in [-0.2, 0) is 0 Å². The van der Waals surface area contributed by atoms with Crippen LogP contribution >= 0.6 is 11.8 Å². The van der Waals surface area contributed by atoms with Crippen LogP contribution in [0.1, 0.15) is 26.7 Å². The van der Waals surface area contributed by atoms with E-state index < -0.39 is 0 Å². The van der Waals surface area contributed by atoms with Gasteiger partial charge in [0.1, 0.15) is 0 Å². The number of piperidine rings is 1. The summed E-state index contributed by atoms with van der Waals surface area (Å²) >= 11 is 1.80. The molecule has 1 aliphatic rings. The van der Waals surface area contributed by atoms with Gasteiger partial charge in [0.15, 0.2) is 0 Å². The van der Waals surface area contributed by atoms with Gasteiger partial charge in [-0.15, -0.1) is 11.8 Å². The highest BCUT2D eigenvalue weighted by Gasteiger charge is 2.22. The Labute approximate surface area is 122 Å². The van der Waals surface area contributed by atoms with Crippen LogP contribution in [-0.4, -0.2) is 36.8 Å². The van der Waals surface area contributed by atoms with Crippen molar-refractivity contribution in [3.05, 3.63) is 24.3 Å². The van der Waals surface area contributed by atoms with Gasteiger partial charge in [0.25, 0.3) is 0 Å². The first-order chi connectivity index (χ1) is 9.22. The molecule has 0 spiro atoms. The van der Waals surface area contributed by atoms with Gasteiger partial charge in [-0.25, -0.2) is 0 Å². The van der Waals surface area contributed by atoms with Crippen molar-refractivity contribution in [1.82, 2.24) is 4.90 Å². The zero-order valence-electron chi connectivity index (χ0n) is 12.4. The Morgan fingerprint density at radius 1 is 1.37 bits per heavy atom. The summed E-state index contributed by atoms with van der Waals surface area (Å²) in [5, 5.41) is 3.69. The molecular weight excluding hydrogens is 252 g/mol. The fourth-order valence-electron chi connectivity index (χ4n) is 2.86. The SMILES string of the molecule is CCN1CCC(C(C)Nc2cccc(SC)c2)CC1. The number of benzene rings is 1. The Bertz CT molecular complexity index is 386. The summed E-state index contributed by atoms with van der Waals surface area (Å²) in [6.07, 6.45) is 4.78. The highest BCUT2D eigenvalue weighted by Crippen LogP contribution is 2.25. The van der Waals surface area contributed by atoms with Crippen molar-refractivity contribution in [2.75, 3.05) is 31.2 Å². The van der Waals surface area contributed by atoms with Crippen molar-refractivity contribution in [2.24, 2.45) is 5.92 Å². The van der Waals surface area contributed by atoms with Gasteiger partial charge in [0, 0.05) is 16.6 Å². The topological polar surface area (TPSA) is 15.3 Å². The molecule has 19 heavy (non-hydrogen) atoms. The molecule has 1 unspecified atom stereocenters. The smallest absolute Gasteiger partial charge is 0.0353 e. The molecular formula is C16H26N2S. The second-order valence-corrected chi connectivity index (χ2v) is 6.32. The van der Waals surface area contributed by atoms with E-state index in [1.54, 1.807) is 11.8 Å². The van der Waals surface area contributed by atoms with E-state index in [0.29, 0.717) is 6.04 Å². The monoisotopic (exact) mass is 278 g/mol. The predicted octanol–water partition coefficient (Wildman–Crippen LogP) is 3.94. The van der Waals surface area contributed by atoms with E-state index in [0.717, 1.165) is 5.92 Å². The quantitative estimate of drug-likeness (QED) is 0.821. The number of likely N-dealkylation sites (tertiary alicyclic amines) is 1. The number of hydrogen-bond donors (Lipinski definition) is 1. The maximum Gasteiger partial charge on any atom is 0.0353 e. The summed E-state index contributed by atoms with van der Waals surface area (Å²) in [5.74, 6) is 0.806. The minimum atomic E-state index is 0.566. The number of rotatable bonds is 5. The Morgan fingerprint density at radius 3 is 2.74 bits per heavy atom. The zero-order valence-corrected chi connectivity index (χ0v) is 13.2. The summed E-state index contributed by atoms with van der Waals surface area (Å²) < 4.78 is 0. The third-order valence-corrected chi connectivity index (χ3v) is 4.98. The molecule has 2 nitrogen and oxygen atoms in total. The van der Waals surface area contributed by atoms with Gasteiger partial charge in [-0.3, -0.25) is 0 Å². The molecule has 1 atom stereocenters. The molecule has 0 radical (unpaired) electrons. The molecule has 0 bridgehead atoms. The molecule has 1 heterocycles. The molecule has 3 heteroatoms. The molecule has 0 aromatic heterocycles. The molecule has 1 aromatic carbocycles. The maximum absolute atomic E-state index is 3.69. The summed E-state index contributed by atoms with van der Waals surface area (Å²) in [6, 6.07) is 9.30. The summed E-state index contributed by atoms with van der Waals surface area (Å²) in [6.45, 7) is 8.31. The average Bonchev–Trinajstić information content (AvgIpc) is 2.47. The summed E-state index contributed by atoms with van der Waals surface area (Å²) in [5.41, 5.74) is 1.26. The molecule has 0 saturated carbocycles. The van der Waals surface area contributed by atoms with E-state index in [2.05, 4.69) is 54.6 Å². The highest BCUT2D eigenvalue weighted by molar-refractivity contribution is 7.98. The van der Waals surface area contributed by atoms with Crippen molar-refractivity contribution in [3.8, 4) is 0 Å². The largest absolute Gasteiger partial charge is 0.382 e. The number of thioether (sulfide) groups is 1. The molecule has 1 fully saturated rings. The van der Waals surface area contributed by atoms with Crippen LogP contribution < -0.4 is 5.32 Å². The van der Waals surface area contributed by atoms with Crippen molar-refractivity contribution in [1.29, 1.82) is 0 Å². The number of hydrogen-bond acceptors (Lipinski definition) is 3. The van der Waals surface area contributed by atoms with Crippen molar-refractivity contribution >= 4 is 17.4 Å². The number of nitrogens with one attached hydrogen (secondary N) is 1. The minimum absolute atomic E-state index is 0.566. The molecule has 1 aliphatic heterocycles. The van der Waals surface area contributed by atoms with E-state index in [1.165, 1.54) is 43.1 Å². The van der Waals surface area contributed by atoms with Gasteiger partial charge in [-0.05, 0) is 69.8 Å². The van der Waals surface area contributed by atoms with Crippen molar-refractivity contribution < 1.29 is 0 Å². The average molecular weight is 278 g/mol. The van der Waals surface area contributed by atoms with Crippen LogP contribution in [0.4, 0.5) is 5.69 Å². The van der Waals surface area contributed by atoms with E-state index in [4.69, 9.17) is 0 Å². The van der Waals surface area contributed by atoms with Crippen LogP contribution in [0.25, 0.3) is 0 Å². The van der Waals surface area contributed by atoms with E-state index in [9.17, 15) is 0 Å². The van der Waals surface area contributed by atoms with Crippen LogP contribution in [0.2, 0.25) is 0 Å².